The van der Waals surface area contributed by atoms with Crippen LogP contribution in [0.3, 0.4) is 0 Å². The van der Waals surface area contributed by atoms with Gasteiger partial charge < -0.3 is 10.1 Å². The van der Waals surface area contributed by atoms with Gasteiger partial charge in [-0.1, -0.05) is 48.0 Å². The summed E-state index contributed by atoms with van der Waals surface area (Å²) in [5, 5.41) is 3.63. The van der Waals surface area contributed by atoms with Crippen LogP contribution in [0.5, 0.6) is 5.75 Å². The second kappa shape index (κ2) is 8.70. The van der Waals surface area contributed by atoms with Gasteiger partial charge in [-0.25, -0.2) is 12.7 Å². The minimum Gasteiger partial charge on any atom is -0.493 e. The predicted molar refractivity (Wildman–Crippen MR) is 118 cm³/mol. The molecule has 1 N–H and O–H groups in total. The Hall–Kier alpha value is -2.51. The Morgan fingerprint density at radius 1 is 1.07 bits per heavy atom. The van der Waals surface area contributed by atoms with Crippen molar-refractivity contribution >= 4 is 32.4 Å². The monoisotopic (exact) mass is 448 g/mol. The van der Waals surface area contributed by atoms with Gasteiger partial charge in [0.1, 0.15) is 16.4 Å². The molecule has 2 aromatic carbocycles. The van der Waals surface area contributed by atoms with Crippen LogP contribution < -0.4 is 10.1 Å². The number of rotatable bonds is 7. The van der Waals surface area contributed by atoms with E-state index in [1.807, 2.05) is 6.07 Å². The minimum absolute atomic E-state index is 0.0128. The topological polar surface area (TPSA) is 75.7 Å². The van der Waals surface area contributed by atoms with Crippen LogP contribution in [-0.2, 0) is 14.8 Å². The Balaban J connectivity index is 1.78. The minimum atomic E-state index is -3.97. The highest BCUT2D eigenvalue weighted by molar-refractivity contribution is 7.99. The van der Waals surface area contributed by atoms with Crippen molar-refractivity contribution in [2.24, 2.45) is 0 Å². The van der Waals surface area contributed by atoms with E-state index in [4.69, 9.17) is 16.3 Å². The summed E-state index contributed by atoms with van der Waals surface area (Å²) in [5.41, 5.74) is -0.302. The molecule has 0 atom stereocenters. The molecule has 2 aromatic rings. The summed E-state index contributed by atoms with van der Waals surface area (Å²) in [4.78, 5) is 13.1. The van der Waals surface area contributed by atoms with Crippen molar-refractivity contribution in [3.05, 3.63) is 70.9 Å². The van der Waals surface area contributed by atoms with E-state index in [2.05, 4.69) is 5.32 Å². The average molecular weight is 449 g/mol. The average Bonchev–Trinajstić information content (AvgIpc) is 2.87. The standard InChI is InChI=1S/C22H25ClN2O4S/c1-22(2,3)25-21(26)19(20(30(25,27)28)16-9-5-4-6-10-16)24-13-8-14-29-18-12-7-11-17(23)15-18/h4-7,9-12,15,24H,8,13-14H2,1-3H3. The van der Waals surface area contributed by atoms with E-state index in [9.17, 15) is 13.2 Å². The van der Waals surface area contributed by atoms with Gasteiger partial charge in [0.05, 0.1) is 12.1 Å². The first-order valence-electron chi connectivity index (χ1n) is 9.64. The number of benzene rings is 2. The highest BCUT2D eigenvalue weighted by Crippen LogP contribution is 2.38. The van der Waals surface area contributed by atoms with E-state index < -0.39 is 21.5 Å². The van der Waals surface area contributed by atoms with Gasteiger partial charge in [-0.2, -0.15) is 0 Å². The smallest absolute Gasteiger partial charge is 0.285 e. The van der Waals surface area contributed by atoms with Gasteiger partial charge >= 0.3 is 0 Å². The van der Waals surface area contributed by atoms with Crippen molar-refractivity contribution in [2.45, 2.75) is 32.7 Å². The van der Waals surface area contributed by atoms with Gasteiger partial charge in [0.25, 0.3) is 15.9 Å². The molecule has 0 unspecified atom stereocenters. The lowest BCUT2D eigenvalue weighted by Crippen LogP contribution is -2.46. The maximum atomic E-state index is 13.2. The summed E-state index contributed by atoms with van der Waals surface area (Å²) in [6, 6.07) is 15.8. The van der Waals surface area contributed by atoms with Gasteiger partial charge in [-0.05, 0) is 51.0 Å². The van der Waals surface area contributed by atoms with Crippen LogP contribution in [0.15, 0.2) is 60.3 Å². The second-order valence-electron chi connectivity index (χ2n) is 7.90. The van der Waals surface area contributed by atoms with Crippen molar-refractivity contribution in [2.75, 3.05) is 13.2 Å². The molecule has 0 radical (unpaired) electrons. The van der Waals surface area contributed by atoms with E-state index >= 15 is 0 Å². The number of carbonyl (C=O) groups is 1. The van der Waals surface area contributed by atoms with E-state index in [1.165, 1.54) is 0 Å². The first-order chi connectivity index (χ1) is 14.1. The molecule has 1 aliphatic rings. The number of ether oxygens (including phenoxy) is 1. The first-order valence-corrected chi connectivity index (χ1v) is 11.5. The molecule has 3 rings (SSSR count). The third-order valence-electron chi connectivity index (χ3n) is 4.46. The molecule has 0 spiro atoms. The summed E-state index contributed by atoms with van der Waals surface area (Å²) in [5.74, 6) is 0.113. The molecular weight excluding hydrogens is 424 g/mol. The number of halogens is 1. The normalized spacial score (nSPS) is 16.1. The Labute approximate surface area is 182 Å². The van der Waals surface area contributed by atoms with Crippen LogP contribution in [-0.4, -0.2) is 37.3 Å². The lowest BCUT2D eigenvalue weighted by Gasteiger charge is -2.30. The fraction of sp³-hybridized carbons (Fsp3) is 0.318. The van der Waals surface area contributed by atoms with Gasteiger partial charge in [0, 0.05) is 11.6 Å². The Kier molecular flexibility index (Phi) is 6.43. The number of carbonyl (C=O) groups excluding carboxylic acids is 1. The molecule has 1 amide bonds. The third-order valence-corrected chi connectivity index (χ3v) is 6.84. The maximum Gasteiger partial charge on any atom is 0.285 e. The molecule has 160 valence electrons. The third kappa shape index (κ3) is 4.63. The molecule has 0 saturated heterocycles. The second-order valence-corrected chi connectivity index (χ2v) is 10.1. The predicted octanol–water partition coefficient (Wildman–Crippen LogP) is 4.04. The van der Waals surface area contributed by atoms with Gasteiger partial charge in [-0.15, -0.1) is 0 Å². The van der Waals surface area contributed by atoms with Crippen LogP contribution in [0, 0.1) is 0 Å². The lowest BCUT2D eigenvalue weighted by atomic mass is 10.1. The Morgan fingerprint density at radius 3 is 2.40 bits per heavy atom. The summed E-state index contributed by atoms with van der Waals surface area (Å²) in [6.45, 7) is 5.88. The van der Waals surface area contributed by atoms with E-state index in [0.29, 0.717) is 35.9 Å². The lowest BCUT2D eigenvalue weighted by molar-refractivity contribution is -0.125. The zero-order valence-corrected chi connectivity index (χ0v) is 18.8. The molecule has 0 aromatic heterocycles. The highest BCUT2D eigenvalue weighted by atomic mass is 35.5. The van der Waals surface area contributed by atoms with Crippen LogP contribution in [0.2, 0.25) is 5.02 Å². The number of amides is 1. The van der Waals surface area contributed by atoms with Crippen LogP contribution in [0.25, 0.3) is 4.91 Å². The Morgan fingerprint density at radius 2 is 1.77 bits per heavy atom. The molecular formula is C22H25ClN2O4S. The molecule has 1 aliphatic heterocycles. The van der Waals surface area contributed by atoms with Gasteiger partial charge in [0.15, 0.2) is 0 Å². The fourth-order valence-electron chi connectivity index (χ4n) is 3.26. The quantitative estimate of drug-likeness (QED) is 0.647. The summed E-state index contributed by atoms with van der Waals surface area (Å²) < 4.78 is 33.1. The first kappa shape index (κ1) is 22.2. The SMILES string of the molecule is CC(C)(C)N1C(=O)C(NCCCOc2cccc(Cl)c2)=C(c2ccccc2)S1(=O)=O. The molecule has 8 heteroatoms. The molecule has 0 aliphatic carbocycles. The molecule has 6 nitrogen and oxygen atoms in total. The summed E-state index contributed by atoms with van der Waals surface area (Å²) in [6.07, 6.45) is 0.570. The summed E-state index contributed by atoms with van der Waals surface area (Å²) >= 11 is 5.94. The molecule has 1 heterocycles. The molecule has 0 fully saturated rings. The Bertz CT molecular complexity index is 1060. The number of nitrogens with zero attached hydrogens (tertiary/aromatic N) is 1. The maximum absolute atomic E-state index is 13.2. The summed E-state index contributed by atoms with van der Waals surface area (Å²) in [7, 11) is -3.97. The fourth-order valence-corrected chi connectivity index (χ4v) is 5.51. The van der Waals surface area contributed by atoms with Crippen molar-refractivity contribution in [3.63, 3.8) is 0 Å². The van der Waals surface area contributed by atoms with Crippen molar-refractivity contribution in [1.29, 1.82) is 0 Å². The van der Waals surface area contributed by atoms with E-state index in [1.54, 1.807) is 69.3 Å². The zero-order chi connectivity index (χ0) is 21.9. The van der Waals surface area contributed by atoms with Crippen molar-refractivity contribution in [1.82, 2.24) is 9.62 Å². The van der Waals surface area contributed by atoms with Gasteiger partial charge in [0.2, 0.25) is 0 Å². The van der Waals surface area contributed by atoms with Crippen LogP contribution >= 0.6 is 11.6 Å². The number of sulfonamides is 1. The number of nitrogens with one attached hydrogen (secondary N) is 1. The number of hydrogen-bond acceptors (Lipinski definition) is 5. The van der Waals surface area contributed by atoms with E-state index in [0.717, 1.165) is 4.31 Å². The van der Waals surface area contributed by atoms with Crippen molar-refractivity contribution in [3.8, 4) is 5.75 Å². The van der Waals surface area contributed by atoms with Gasteiger partial charge in [-0.3, -0.25) is 4.79 Å². The van der Waals surface area contributed by atoms with Crippen molar-refractivity contribution < 1.29 is 17.9 Å². The molecule has 0 saturated carbocycles. The largest absolute Gasteiger partial charge is 0.493 e. The zero-order valence-electron chi connectivity index (χ0n) is 17.2. The molecule has 0 bridgehead atoms. The number of hydrogen-bond donors (Lipinski definition) is 1. The van der Waals surface area contributed by atoms with Crippen LogP contribution in [0.4, 0.5) is 0 Å². The van der Waals surface area contributed by atoms with E-state index in [-0.39, 0.29) is 10.6 Å². The highest BCUT2D eigenvalue weighted by Gasteiger charge is 2.49. The van der Waals surface area contributed by atoms with Crippen LogP contribution in [0.1, 0.15) is 32.8 Å². The molecule has 30 heavy (non-hydrogen) atoms.